The van der Waals surface area contributed by atoms with Crippen LogP contribution in [0.4, 0.5) is 4.39 Å². The number of halogens is 1. The van der Waals surface area contributed by atoms with E-state index in [0.29, 0.717) is 19.3 Å². The number of carbonyl (C=O) groups excluding carboxylic acids is 3. The van der Waals surface area contributed by atoms with Gasteiger partial charge in [-0.1, -0.05) is 32.9 Å². The first-order valence-corrected chi connectivity index (χ1v) is 8.81. The smallest absolute Gasteiger partial charge is 0.244 e. The van der Waals surface area contributed by atoms with Gasteiger partial charge in [-0.3, -0.25) is 19.6 Å². The van der Waals surface area contributed by atoms with Crippen LogP contribution in [0.5, 0.6) is 0 Å². The molecule has 5 N–H and O–H groups in total. The SMILES string of the molecule is CC(C)(C)[C@H](NC(=O)[C@H](CCCc1ccc(F)cc1)CC(=O)NO)C(N)=O. The maximum Gasteiger partial charge on any atom is 0.244 e. The molecule has 0 aliphatic carbocycles. The normalized spacial score (nSPS) is 13.5. The van der Waals surface area contributed by atoms with Crippen molar-refractivity contribution >= 4 is 17.7 Å². The molecule has 0 fully saturated rings. The minimum absolute atomic E-state index is 0.221. The molecular formula is C19H28FN3O4. The highest BCUT2D eigenvalue weighted by atomic mass is 19.1. The van der Waals surface area contributed by atoms with Crippen LogP contribution in [-0.4, -0.2) is 29.0 Å². The molecule has 0 aliphatic heterocycles. The lowest BCUT2D eigenvalue weighted by molar-refractivity contribution is -0.136. The highest BCUT2D eigenvalue weighted by Gasteiger charge is 2.33. The van der Waals surface area contributed by atoms with Crippen LogP contribution in [0.25, 0.3) is 0 Å². The predicted molar refractivity (Wildman–Crippen MR) is 98.0 cm³/mol. The van der Waals surface area contributed by atoms with Gasteiger partial charge in [-0.15, -0.1) is 0 Å². The number of aryl methyl sites for hydroxylation is 1. The van der Waals surface area contributed by atoms with E-state index in [1.165, 1.54) is 17.6 Å². The van der Waals surface area contributed by atoms with E-state index >= 15 is 0 Å². The maximum atomic E-state index is 12.9. The number of hydrogen-bond acceptors (Lipinski definition) is 4. The van der Waals surface area contributed by atoms with Crippen LogP contribution in [0.3, 0.4) is 0 Å². The Hall–Kier alpha value is -2.48. The molecule has 0 saturated heterocycles. The first kappa shape index (κ1) is 22.6. The fraction of sp³-hybridized carbons (Fsp3) is 0.526. The van der Waals surface area contributed by atoms with E-state index in [4.69, 9.17) is 10.9 Å². The molecule has 0 heterocycles. The molecule has 1 aromatic carbocycles. The number of benzene rings is 1. The van der Waals surface area contributed by atoms with E-state index < -0.39 is 35.1 Å². The number of hydroxylamine groups is 1. The van der Waals surface area contributed by atoms with Crippen molar-refractivity contribution in [1.29, 1.82) is 0 Å². The van der Waals surface area contributed by atoms with Crippen LogP contribution in [-0.2, 0) is 20.8 Å². The van der Waals surface area contributed by atoms with Gasteiger partial charge in [0.1, 0.15) is 11.9 Å². The first-order valence-electron chi connectivity index (χ1n) is 8.81. The van der Waals surface area contributed by atoms with Crippen molar-refractivity contribution in [3.63, 3.8) is 0 Å². The minimum Gasteiger partial charge on any atom is -0.368 e. The van der Waals surface area contributed by atoms with Crippen molar-refractivity contribution < 1.29 is 24.0 Å². The predicted octanol–water partition coefficient (Wildman–Crippen LogP) is 1.68. The number of nitrogens with one attached hydrogen (secondary N) is 2. The Morgan fingerprint density at radius 3 is 2.26 bits per heavy atom. The van der Waals surface area contributed by atoms with Gasteiger partial charge in [0.2, 0.25) is 17.7 Å². The molecule has 0 bridgehead atoms. The monoisotopic (exact) mass is 381 g/mol. The molecule has 2 atom stereocenters. The molecule has 0 unspecified atom stereocenters. The number of rotatable bonds is 9. The fourth-order valence-corrected chi connectivity index (χ4v) is 2.77. The Labute approximate surface area is 158 Å². The third-order valence-electron chi connectivity index (χ3n) is 4.30. The fourth-order valence-electron chi connectivity index (χ4n) is 2.77. The average molecular weight is 381 g/mol. The van der Waals surface area contributed by atoms with Crippen LogP contribution in [0.2, 0.25) is 0 Å². The van der Waals surface area contributed by atoms with Gasteiger partial charge in [-0.05, 0) is 42.4 Å². The summed E-state index contributed by atoms with van der Waals surface area (Å²) in [5.74, 6) is -2.88. The summed E-state index contributed by atoms with van der Waals surface area (Å²) < 4.78 is 12.9. The van der Waals surface area contributed by atoms with Crippen molar-refractivity contribution in [2.75, 3.05) is 0 Å². The molecule has 1 rings (SSSR count). The van der Waals surface area contributed by atoms with Gasteiger partial charge in [0.15, 0.2) is 0 Å². The molecule has 0 aromatic heterocycles. The van der Waals surface area contributed by atoms with Crippen LogP contribution in [0.15, 0.2) is 24.3 Å². The zero-order chi connectivity index (χ0) is 20.6. The number of hydrogen-bond donors (Lipinski definition) is 4. The van der Waals surface area contributed by atoms with E-state index in [1.807, 2.05) is 0 Å². The van der Waals surface area contributed by atoms with E-state index in [1.54, 1.807) is 32.9 Å². The zero-order valence-corrected chi connectivity index (χ0v) is 15.9. The lowest BCUT2D eigenvalue weighted by Gasteiger charge is -2.30. The second-order valence-electron chi connectivity index (χ2n) is 7.66. The summed E-state index contributed by atoms with van der Waals surface area (Å²) in [6, 6.07) is 5.15. The highest BCUT2D eigenvalue weighted by Crippen LogP contribution is 2.21. The minimum atomic E-state index is -0.887. The Morgan fingerprint density at radius 1 is 1.19 bits per heavy atom. The van der Waals surface area contributed by atoms with Crippen molar-refractivity contribution in [2.45, 2.75) is 52.5 Å². The summed E-state index contributed by atoms with van der Waals surface area (Å²) in [5, 5.41) is 11.4. The van der Waals surface area contributed by atoms with Gasteiger partial charge in [0.25, 0.3) is 0 Å². The summed E-state index contributed by atoms with van der Waals surface area (Å²) >= 11 is 0. The second kappa shape index (κ2) is 10.0. The maximum absolute atomic E-state index is 12.9. The summed E-state index contributed by atoms with van der Waals surface area (Å²) in [5.41, 5.74) is 7.23. The quantitative estimate of drug-likeness (QED) is 0.384. The molecule has 1 aromatic rings. The Morgan fingerprint density at radius 2 is 1.78 bits per heavy atom. The van der Waals surface area contributed by atoms with Gasteiger partial charge in [0, 0.05) is 12.3 Å². The molecule has 150 valence electrons. The first-order chi connectivity index (χ1) is 12.5. The van der Waals surface area contributed by atoms with Crippen LogP contribution < -0.4 is 16.5 Å². The molecule has 0 spiro atoms. The van der Waals surface area contributed by atoms with Gasteiger partial charge in [-0.2, -0.15) is 0 Å². The number of nitrogens with two attached hydrogens (primary N) is 1. The standard InChI is InChI=1S/C19H28FN3O4/c1-19(2,3)16(17(21)25)22-18(26)13(11-15(24)23-27)6-4-5-12-7-9-14(20)10-8-12/h7-10,13,16,27H,4-6,11H2,1-3H3,(H2,21,25)(H,22,26)(H,23,24)/t13-,16-/m1/s1. The summed E-state index contributed by atoms with van der Waals surface area (Å²) in [6.45, 7) is 5.31. The van der Waals surface area contributed by atoms with E-state index in [9.17, 15) is 18.8 Å². The van der Waals surface area contributed by atoms with Crippen molar-refractivity contribution in [3.8, 4) is 0 Å². The lowest BCUT2D eigenvalue weighted by Crippen LogP contribution is -2.53. The van der Waals surface area contributed by atoms with Gasteiger partial charge >= 0.3 is 0 Å². The Bertz CT molecular complexity index is 656. The molecule has 0 aliphatic rings. The Balaban J connectivity index is 2.76. The second-order valence-corrected chi connectivity index (χ2v) is 7.66. The molecule has 0 radical (unpaired) electrons. The van der Waals surface area contributed by atoms with E-state index in [2.05, 4.69) is 5.32 Å². The Kier molecular flexibility index (Phi) is 8.36. The summed E-state index contributed by atoms with van der Waals surface area (Å²) in [7, 11) is 0. The summed E-state index contributed by atoms with van der Waals surface area (Å²) in [6.07, 6.45) is 1.30. The summed E-state index contributed by atoms with van der Waals surface area (Å²) in [4.78, 5) is 35.8. The van der Waals surface area contributed by atoms with E-state index in [0.717, 1.165) is 5.56 Å². The number of amides is 3. The van der Waals surface area contributed by atoms with Crippen molar-refractivity contribution in [1.82, 2.24) is 10.8 Å². The number of primary amides is 1. The third kappa shape index (κ3) is 7.74. The van der Waals surface area contributed by atoms with Crippen molar-refractivity contribution in [2.24, 2.45) is 17.1 Å². The van der Waals surface area contributed by atoms with Crippen LogP contribution >= 0.6 is 0 Å². The van der Waals surface area contributed by atoms with Crippen LogP contribution in [0, 0.1) is 17.2 Å². The average Bonchev–Trinajstić information content (AvgIpc) is 2.58. The topological polar surface area (TPSA) is 122 Å². The van der Waals surface area contributed by atoms with Crippen LogP contribution in [0.1, 0.15) is 45.6 Å². The molecule has 7 nitrogen and oxygen atoms in total. The number of carbonyl (C=O) groups is 3. The molecule has 0 saturated carbocycles. The third-order valence-corrected chi connectivity index (χ3v) is 4.30. The molecule has 3 amide bonds. The highest BCUT2D eigenvalue weighted by molar-refractivity contribution is 5.90. The zero-order valence-electron chi connectivity index (χ0n) is 15.9. The van der Waals surface area contributed by atoms with E-state index in [-0.39, 0.29) is 12.2 Å². The van der Waals surface area contributed by atoms with Gasteiger partial charge in [-0.25, -0.2) is 9.87 Å². The molecule has 27 heavy (non-hydrogen) atoms. The molecule has 8 heteroatoms. The van der Waals surface area contributed by atoms with Gasteiger partial charge in [0.05, 0.1) is 0 Å². The largest absolute Gasteiger partial charge is 0.368 e. The molecular weight excluding hydrogens is 353 g/mol. The van der Waals surface area contributed by atoms with Crippen molar-refractivity contribution in [3.05, 3.63) is 35.6 Å². The van der Waals surface area contributed by atoms with Gasteiger partial charge < -0.3 is 11.1 Å². The lowest BCUT2D eigenvalue weighted by atomic mass is 9.85.